The molecule has 4 heteroatoms. The zero-order valence-electron chi connectivity index (χ0n) is 10.0. The largest absolute Gasteiger partial charge is 0.378 e. The van der Waals surface area contributed by atoms with E-state index < -0.39 is 0 Å². The minimum absolute atomic E-state index is 0.215. The van der Waals surface area contributed by atoms with E-state index in [1.54, 1.807) is 0 Å². The Balaban J connectivity index is 2.07. The van der Waals surface area contributed by atoms with Crippen molar-refractivity contribution in [2.45, 2.75) is 31.9 Å². The van der Waals surface area contributed by atoms with Gasteiger partial charge in [0.25, 0.3) is 0 Å². The number of benzene rings is 1. The summed E-state index contributed by atoms with van der Waals surface area (Å²) in [6.45, 7) is 2.93. The first-order valence-electron chi connectivity index (χ1n) is 6.03. The summed E-state index contributed by atoms with van der Waals surface area (Å²) >= 11 is 6.17. The van der Waals surface area contributed by atoms with Crippen molar-refractivity contribution in [3.63, 3.8) is 0 Å². The van der Waals surface area contributed by atoms with Crippen molar-refractivity contribution in [3.05, 3.63) is 34.9 Å². The van der Waals surface area contributed by atoms with E-state index in [0.29, 0.717) is 5.92 Å². The number of rotatable bonds is 4. The summed E-state index contributed by atoms with van der Waals surface area (Å²) in [6, 6.07) is 8.13. The monoisotopic (exact) mass is 254 g/mol. The average molecular weight is 255 g/mol. The van der Waals surface area contributed by atoms with Crippen LogP contribution in [0.1, 0.15) is 18.9 Å². The smallest absolute Gasteiger partial charge is 0.0591 e. The molecule has 1 saturated heterocycles. The van der Waals surface area contributed by atoms with Gasteiger partial charge in [0.15, 0.2) is 0 Å². The molecule has 0 aliphatic carbocycles. The van der Waals surface area contributed by atoms with Crippen molar-refractivity contribution >= 4 is 11.6 Å². The molecule has 0 bridgehead atoms. The van der Waals surface area contributed by atoms with Gasteiger partial charge in [0.2, 0.25) is 0 Å². The minimum atomic E-state index is 0.215. The van der Waals surface area contributed by atoms with Gasteiger partial charge < -0.3 is 4.74 Å². The Morgan fingerprint density at radius 2 is 2.29 bits per heavy atom. The van der Waals surface area contributed by atoms with Gasteiger partial charge in [-0.15, -0.1) is 0 Å². The predicted molar refractivity (Wildman–Crippen MR) is 69.8 cm³/mol. The van der Waals surface area contributed by atoms with Crippen molar-refractivity contribution in [2.24, 2.45) is 11.8 Å². The van der Waals surface area contributed by atoms with Gasteiger partial charge in [0.1, 0.15) is 0 Å². The zero-order chi connectivity index (χ0) is 12.3. The molecule has 2 rings (SSSR count). The Labute approximate surface area is 107 Å². The normalized spacial score (nSPS) is 26.1. The molecule has 0 spiro atoms. The number of halogens is 1. The summed E-state index contributed by atoms with van der Waals surface area (Å²) in [5, 5.41) is 0.805. The third-order valence-corrected chi connectivity index (χ3v) is 3.93. The zero-order valence-corrected chi connectivity index (χ0v) is 10.8. The molecule has 3 N–H and O–H groups in total. The van der Waals surface area contributed by atoms with Crippen molar-refractivity contribution in [1.82, 2.24) is 5.43 Å². The molecule has 1 aliphatic rings. The van der Waals surface area contributed by atoms with E-state index in [-0.39, 0.29) is 12.1 Å². The fourth-order valence-electron chi connectivity index (χ4n) is 2.51. The van der Waals surface area contributed by atoms with Crippen LogP contribution in [-0.2, 0) is 11.2 Å². The molecule has 1 aliphatic heterocycles. The number of hydrogen-bond acceptors (Lipinski definition) is 3. The van der Waals surface area contributed by atoms with Crippen molar-refractivity contribution in [2.75, 3.05) is 6.61 Å². The quantitative estimate of drug-likeness (QED) is 0.639. The van der Waals surface area contributed by atoms with E-state index in [0.717, 1.165) is 30.0 Å². The molecule has 0 amide bonds. The minimum Gasteiger partial charge on any atom is -0.378 e. The van der Waals surface area contributed by atoms with Crippen molar-refractivity contribution in [1.29, 1.82) is 0 Å². The Hall–Kier alpha value is -0.610. The highest BCUT2D eigenvalue weighted by Gasteiger charge is 2.31. The van der Waals surface area contributed by atoms with Gasteiger partial charge in [-0.1, -0.05) is 29.8 Å². The van der Waals surface area contributed by atoms with E-state index in [9.17, 15) is 0 Å². The fourth-order valence-corrected chi connectivity index (χ4v) is 2.72. The van der Waals surface area contributed by atoms with Crippen LogP contribution < -0.4 is 11.3 Å². The summed E-state index contributed by atoms with van der Waals surface area (Å²) in [5.41, 5.74) is 4.05. The molecule has 3 unspecified atom stereocenters. The number of nitrogens with one attached hydrogen (secondary N) is 1. The molecular weight excluding hydrogens is 236 g/mol. The average Bonchev–Trinajstić information content (AvgIpc) is 2.75. The van der Waals surface area contributed by atoms with Gasteiger partial charge in [-0.05, 0) is 31.4 Å². The van der Waals surface area contributed by atoms with Gasteiger partial charge in [-0.3, -0.25) is 11.3 Å². The Kier molecular flexibility index (Phi) is 4.40. The van der Waals surface area contributed by atoms with Gasteiger partial charge >= 0.3 is 0 Å². The maximum atomic E-state index is 6.17. The third-order valence-electron chi connectivity index (χ3n) is 3.56. The van der Waals surface area contributed by atoms with Crippen LogP contribution in [0.2, 0.25) is 5.02 Å². The molecule has 94 valence electrons. The maximum absolute atomic E-state index is 6.17. The summed E-state index contributed by atoms with van der Waals surface area (Å²) in [6.07, 6.45) is 2.16. The number of hydrazine groups is 1. The van der Waals surface area contributed by atoms with E-state index in [4.69, 9.17) is 22.2 Å². The molecule has 1 aromatic rings. The van der Waals surface area contributed by atoms with E-state index in [2.05, 4.69) is 12.3 Å². The lowest BCUT2D eigenvalue weighted by Gasteiger charge is -2.25. The summed E-state index contributed by atoms with van der Waals surface area (Å²) in [7, 11) is 0. The summed E-state index contributed by atoms with van der Waals surface area (Å²) in [4.78, 5) is 0. The first-order chi connectivity index (χ1) is 8.22. The highest BCUT2D eigenvalue weighted by molar-refractivity contribution is 6.31. The number of hydrogen-bond donors (Lipinski definition) is 2. The molecule has 3 nitrogen and oxygen atoms in total. The van der Waals surface area contributed by atoms with Gasteiger partial charge in [0.05, 0.1) is 6.10 Å². The lowest BCUT2D eigenvalue weighted by molar-refractivity contribution is 0.0954. The first-order valence-corrected chi connectivity index (χ1v) is 6.41. The standard InChI is InChI=1S/C13H19ClN2O/c1-9-11(6-7-17-9)13(16-15)8-10-4-2-3-5-12(10)14/h2-5,9,11,13,16H,6-8,15H2,1H3. The molecular formula is C13H19ClN2O. The topological polar surface area (TPSA) is 47.3 Å². The molecule has 1 fully saturated rings. The van der Waals surface area contributed by atoms with E-state index in [1.807, 2.05) is 24.3 Å². The van der Waals surface area contributed by atoms with Crippen LogP contribution in [0.25, 0.3) is 0 Å². The second kappa shape index (κ2) is 5.83. The highest BCUT2D eigenvalue weighted by Crippen LogP contribution is 2.27. The van der Waals surface area contributed by atoms with Gasteiger partial charge in [-0.2, -0.15) is 0 Å². The molecule has 3 atom stereocenters. The molecule has 0 aromatic heterocycles. The first kappa shape index (κ1) is 12.8. The Morgan fingerprint density at radius 1 is 1.53 bits per heavy atom. The maximum Gasteiger partial charge on any atom is 0.0591 e. The summed E-state index contributed by atoms with van der Waals surface area (Å²) in [5.74, 6) is 6.12. The van der Waals surface area contributed by atoms with Gasteiger partial charge in [-0.25, -0.2) is 0 Å². The van der Waals surface area contributed by atoms with E-state index in [1.165, 1.54) is 0 Å². The predicted octanol–water partition coefficient (Wildman–Crippen LogP) is 2.14. The molecule has 17 heavy (non-hydrogen) atoms. The molecule has 1 aromatic carbocycles. The fraction of sp³-hybridized carbons (Fsp3) is 0.538. The highest BCUT2D eigenvalue weighted by atomic mass is 35.5. The van der Waals surface area contributed by atoms with Crippen LogP contribution in [0.15, 0.2) is 24.3 Å². The SMILES string of the molecule is CC1OCCC1C(Cc1ccccc1Cl)NN. The lowest BCUT2D eigenvalue weighted by atomic mass is 9.89. The lowest BCUT2D eigenvalue weighted by Crippen LogP contribution is -2.44. The van der Waals surface area contributed by atoms with Crippen molar-refractivity contribution in [3.8, 4) is 0 Å². The second-order valence-corrected chi connectivity index (χ2v) is 5.00. The Morgan fingerprint density at radius 3 is 2.88 bits per heavy atom. The van der Waals surface area contributed by atoms with Crippen LogP contribution in [0, 0.1) is 5.92 Å². The van der Waals surface area contributed by atoms with Crippen LogP contribution >= 0.6 is 11.6 Å². The third kappa shape index (κ3) is 2.99. The number of nitrogens with two attached hydrogens (primary N) is 1. The molecule has 0 saturated carbocycles. The van der Waals surface area contributed by atoms with E-state index >= 15 is 0 Å². The van der Waals surface area contributed by atoms with Crippen LogP contribution in [0.3, 0.4) is 0 Å². The van der Waals surface area contributed by atoms with Crippen LogP contribution in [0.4, 0.5) is 0 Å². The van der Waals surface area contributed by atoms with Crippen molar-refractivity contribution < 1.29 is 4.74 Å². The van der Waals surface area contributed by atoms with Gasteiger partial charge in [0, 0.05) is 23.6 Å². The second-order valence-electron chi connectivity index (χ2n) is 4.60. The summed E-state index contributed by atoms with van der Waals surface area (Å²) < 4.78 is 5.59. The molecule has 0 radical (unpaired) electrons. The molecule has 1 heterocycles. The number of ether oxygens (including phenoxy) is 1. The van der Waals surface area contributed by atoms with Crippen LogP contribution in [0.5, 0.6) is 0 Å². The van der Waals surface area contributed by atoms with Crippen LogP contribution in [-0.4, -0.2) is 18.8 Å². The Bertz CT molecular complexity index is 372.